The molecule has 0 aliphatic carbocycles. The van der Waals surface area contributed by atoms with Crippen molar-refractivity contribution in [2.75, 3.05) is 13.2 Å². The highest BCUT2D eigenvalue weighted by molar-refractivity contribution is 6.32. The molecule has 172 valence electrons. The lowest BCUT2D eigenvalue weighted by molar-refractivity contribution is -0.142. The van der Waals surface area contributed by atoms with E-state index in [0.29, 0.717) is 22.9 Å². The number of amides is 2. The zero-order valence-corrected chi connectivity index (χ0v) is 19.1. The highest BCUT2D eigenvalue weighted by Gasteiger charge is 2.31. The molecule has 7 heteroatoms. The highest BCUT2D eigenvalue weighted by Crippen LogP contribution is 2.23. The number of hydrogen-bond donors (Lipinski definition) is 1. The molecule has 0 saturated heterocycles. The Kier molecular flexibility index (Phi) is 8.84. The van der Waals surface area contributed by atoms with E-state index in [0.717, 1.165) is 5.56 Å². The zero-order chi connectivity index (χ0) is 23.6. The zero-order valence-electron chi connectivity index (χ0n) is 18.3. The second kappa shape index (κ2) is 12.0. The summed E-state index contributed by atoms with van der Waals surface area (Å²) in [5.74, 6) is -0.859. The second-order valence-electron chi connectivity index (χ2n) is 7.43. The van der Waals surface area contributed by atoms with Crippen LogP contribution in [0.4, 0.5) is 4.39 Å². The average Bonchev–Trinajstić information content (AvgIpc) is 2.82. The summed E-state index contributed by atoms with van der Waals surface area (Å²) < 4.78 is 20.1. The van der Waals surface area contributed by atoms with E-state index in [1.54, 1.807) is 49.4 Å². The van der Waals surface area contributed by atoms with Gasteiger partial charge in [0.15, 0.2) is 6.61 Å². The molecule has 0 bridgehead atoms. The van der Waals surface area contributed by atoms with E-state index >= 15 is 0 Å². The summed E-state index contributed by atoms with van der Waals surface area (Å²) in [4.78, 5) is 27.7. The van der Waals surface area contributed by atoms with E-state index in [1.807, 2.05) is 30.3 Å². The first kappa shape index (κ1) is 24.3. The summed E-state index contributed by atoms with van der Waals surface area (Å²) in [7, 11) is 0. The number of hydrogen-bond acceptors (Lipinski definition) is 3. The molecule has 0 aromatic heterocycles. The molecule has 1 N–H and O–H groups in total. The quantitative estimate of drug-likeness (QED) is 0.472. The predicted molar refractivity (Wildman–Crippen MR) is 127 cm³/mol. The minimum absolute atomic E-state index is 0.0774. The summed E-state index contributed by atoms with van der Waals surface area (Å²) in [5, 5.41) is 3.17. The van der Waals surface area contributed by atoms with Gasteiger partial charge in [0, 0.05) is 25.1 Å². The van der Waals surface area contributed by atoms with Crippen LogP contribution in [0.25, 0.3) is 0 Å². The van der Waals surface area contributed by atoms with Crippen LogP contribution in [0.5, 0.6) is 5.75 Å². The number of benzene rings is 3. The van der Waals surface area contributed by atoms with Crippen molar-refractivity contribution in [1.82, 2.24) is 10.2 Å². The Balaban J connectivity index is 1.91. The van der Waals surface area contributed by atoms with E-state index in [2.05, 4.69) is 5.32 Å². The number of likely N-dealkylation sites (N-methyl/N-ethyl adjacent to an activating group) is 1. The summed E-state index contributed by atoms with van der Waals surface area (Å²) in [6.45, 7) is 1.79. The fourth-order valence-corrected chi connectivity index (χ4v) is 3.63. The van der Waals surface area contributed by atoms with Gasteiger partial charge in [-0.3, -0.25) is 9.59 Å². The van der Waals surface area contributed by atoms with Crippen LogP contribution in [0.1, 0.15) is 18.1 Å². The Hall–Kier alpha value is -3.38. The van der Waals surface area contributed by atoms with Gasteiger partial charge in [-0.1, -0.05) is 72.3 Å². The first-order valence-electron chi connectivity index (χ1n) is 10.7. The van der Waals surface area contributed by atoms with E-state index < -0.39 is 17.8 Å². The highest BCUT2D eigenvalue weighted by atomic mass is 35.5. The molecule has 0 aliphatic heterocycles. The Bertz CT molecular complexity index is 1080. The average molecular weight is 469 g/mol. The van der Waals surface area contributed by atoms with Crippen LogP contribution in [-0.2, 0) is 22.6 Å². The molecule has 0 fully saturated rings. The molecule has 3 rings (SSSR count). The van der Waals surface area contributed by atoms with Gasteiger partial charge in [0.25, 0.3) is 5.91 Å². The Morgan fingerprint density at radius 2 is 1.67 bits per heavy atom. The molecule has 0 aliphatic rings. The Morgan fingerprint density at radius 3 is 2.36 bits per heavy atom. The molecule has 0 spiro atoms. The van der Waals surface area contributed by atoms with E-state index in [1.165, 1.54) is 11.0 Å². The second-order valence-corrected chi connectivity index (χ2v) is 7.84. The molecule has 1 atom stereocenters. The number of para-hydroxylation sites is 1. The number of carbonyl (C=O) groups is 2. The fourth-order valence-electron chi connectivity index (χ4n) is 3.44. The SMILES string of the molecule is CCNC(=O)C(Cc1ccccc1)N(Cc1ccccc1F)C(=O)COc1ccccc1Cl. The molecule has 5 nitrogen and oxygen atoms in total. The van der Waals surface area contributed by atoms with Crippen molar-refractivity contribution in [3.8, 4) is 5.75 Å². The number of ether oxygens (including phenoxy) is 1. The minimum Gasteiger partial charge on any atom is -0.482 e. The topological polar surface area (TPSA) is 58.6 Å². The first-order valence-corrected chi connectivity index (χ1v) is 11.1. The third-order valence-electron chi connectivity index (χ3n) is 5.11. The van der Waals surface area contributed by atoms with Crippen molar-refractivity contribution >= 4 is 23.4 Å². The lowest BCUT2D eigenvalue weighted by Crippen LogP contribution is -2.51. The summed E-state index contributed by atoms with van der Waals surface area (Å²) in [6, 6.07) is 21.6. The molecule has 33 heavy (non-hydrogen) atoms. The van der Waals surface area contributed by atoms with Gasteiger partial charge in [-0.2, -0.15) is 0 Å². The number of nitrogens with one attached hydrogen (secondary N) is 1. The van der Waals surface area contributed by atoms with Crippen LogP contribution in [0.15, 0.2) is 78.9 Å². The third-order valence-corrected chi connectivity index (χ3v) is 5.42. The van der Waals surface area contributed by atoms with Gasteiger partial charge < -0.3 is 15.0 Å². The van der Waals surface area contributed by atoms with Crippen molar-refractivity contribution in [2.45, 2.75) is 25.9 Å². The molecule has 3 aromatic carbocycles. The van der Waals surface area contributed by atoms with E-state index in [-0.39, 0.29) is 25.5 Å². The first-order chi connectivity index (χ1) is 16.0. The van der Waals surface area contributed by atoms with Crippen LogP contribution < -0.4 is 10.1 Å². The summed E-state index contributed by atoms with van der Waals surface area (Å²) in [5.41, 5.74) is 1.19. The molecule has 3 aromatic rings. The molecular weight excluding hydrogens is 443 g/mol. The maximum atomic E-state index is 14.5. The van der Waals surface area contributed by atoms with Gasteiger partial charge in [0.1, 0.15) is 17.6 Å². The van der Waals surface area contributed by atoms with Crippen molar-refractivity contribution in [3.63, 3.8) is 0 Å². The number of halogens is 2. The lowest BCUT2D eigenvalue weighted by Gasteiger charge is -2.31. The van der Waals surface area contributed by atoms with Gasteiger partial charge in [0.2, 0.25) is 5.91 Å². The van der Waals surface area contributed by atoms with Gasteiger partial charge >= 0.3 is 0 Å². The molecule has 1 unspecified atom stereocenters. The molecule has 0 saturated carbocycles. The van der Waals surface area contributed by atoms with Crippen LogP contribution in [0, 0.1) is 5.82 Å². The van der Waals surface area contributed by atoms with Gasteiger partial charge in [-0.15, -0.1) is 0 Å². The van der Waals surface area contributed by atoms with Gasteiger partial charge in [0.05, 0.1) is 5.02 Å². The number of nitrogens with zero attached hydrogens (tertiary/aromatic N) is 1. The van der Waals surface area contributed by atoms with E-state index in [4.69, 9.17) is 16.3 Å². The molecule has 2 amide bonds. The Morgan fingerprint density at radius 1 is 1.00 bits per heavy atom. The van der Waals surface area contributed by atoms with Gasteiger partial charge in [-0.25, -0.2) is 4.39 Å². The fraction of sp³-hybridized carbons (Fsp3) is 0.231. The lowest BCUT2D eigenvalue weighted by atomic mass is 10.0. The van der Waals surface area contributed by atoms with Crippen molar-refractivity contribution in [2.24, 2.45) is 0 Å². The van der Waals surface area contributed by atoms with E-state index in [9.17, 15) is 14.0 Å². The third kappa shape index (κ3) is 6.80. The van der Waals surface area contributed by atoms with Gasteiger partial charge in [-0.05, 0) is 30.7 Å². The van der Waals surface area contributed by atoms with Crippen molar-refractivity contribution in [1.29, 1.82) is 0 Å². The normalized spacial score (nSPS) is 11.5. The minimum atomic E-state index is -0.852. The standard InChI is InChI=1S/C26H26ClFN2O3/c1-2-29-26(32)23(16-19-10-4-3-5-11-19)30(17-20-12-6-8-14-22(20)28)25(31)18-33-24-15-9-7-13-21(24)27/h3-15,23H,2,16-18H2,1H3,(H,29,32). The Labute approximate surface area is 198 Å². The van der Waals surface area contributed by atoms with Crippen molar-refractivity contribution in [3.05, 3.63) is 101 Å². The van der Waals surface area contributed by atoms with Crippen LogP contribution in [0.2, 0.25) is 5.02 Å². The summed E-state index contributed by atoms with van der Waals surface area (Å²) in [6.07, 6.45) is 0.277. The summed E-state index contributed by atoms with van der Waals surface area (Å²) >= 11 is 6.14. The number of rotatable bonds is 10. The van der Waals surface area contributed by atoms with Crippen LogP contribution in [-0.4, -0.2) is 35.9 Å². The van der Waals surface area contributed by atoms with Crippen LogP contribution in [0.3, 0.4) is 0 Å². The number of carbonyl (C=O) groups excluding carboxylic acids is 2. The maximum absolute atomic E-state index is 14.5. The smallest absolute Gasteiger partial charge is 0.261 e. The monoisotopic (exact) mass is 468 g/mol. The van der Waals surface area contributed by atoms with Crippen LogP contribution >= 0.6 is 11.6 Å². The maximum Gasteiger partial charge on any atom is 0.261 e. The molecule has 0 heterocycles. The largest absolute Gasteiger partial charge is 0.482 e. The molecular formula is C26H26ClFN2O3. The molecule has 0 radical (unpaired) electrons. The predicted octanol–water partition coefficient (Wildman–Crippen LogP) is 4.63. The van der Waals surface area contributed by atoms with Crippen molar-refractivity contribution < 1.29 is 18.7 Å².